The van der Waals surface area contributed by atoms with Crippen LogP contribution in [0.3, 0.4) is 0 Å². The third-order valence-corrected chi connectivity index (χ3v) is 9.05. The van der Waals surface area contributed by atoms with Crippen molar-refractivity contribution in [2.75, 3.05) is 11.5 Å². The number of benzene rings is 3. The molecule has 6 rings (SSSR count). The number of aromatic nitrogens is 2. The minimum atomic E-state index is -4.86. The third-order valence-electron chi connectivity index (χ3n) is 6.25. The Kier molecular flexibility index (Phi) is 8.96. The molecule has 0 aliphatic heterocycles. The fourth-order valence-electron chi connectivity index (χ4n) is 4.54. The number of thiophene rings is 2. The van der Waals surface area contributed by atoms with Crippen molar-refractivity contribution < 1.29 is 35.8 Å². The number of fused-ring (bicyclic) bond motifs is 1. The lowest BCUT2D eigenvalue weighted by molar-refractivity contribution is -0.275. The minimum absolute atomic E-state index is 0.180. The minimum Gasteiger partial charge on any atom is -0.405 e. The molecule has 3 heterocycles. The molecule has 0 aliphatic carbocycles. The molecule has 0 fully saturated rings. The molecule has 0 saturated heterocycles. The Morgan fingerprint density at radius 1 is 0.556 bits per heavy atom. The second-order valence-corrected chi connectivity index (χ2v) is 11.7. The van der Waals surface area contributed by atoms with Crippen LogP contribution >= 0.6 is 34.4 Å². The molecule has 3 aromatic heterocycles. The summed E-state index contributed by atoms with van der Waals surface area (Å²) >= 11 is 3.28. The van der Waals surface area contributed by atoms with Crippen LogP contribution in [0.15, 0.2) is 72.8 Å². The number of nitrogens with two attached hydrogens (primary N) is 2. The van der Waals surface area contributed by atoms with Gasteiger partial charge in [0.15, 0.2) is 0 Å². The van der Waals surface area contributed by atoms with Crippen molar-refractivity contribution in [1.82, 2.24) is 8.75 Å². The average Bonchev–Trinajstić information content (AvgIpc) is 3.76. The molecule has 0 amide bonds. The number of hydrogen-bond acceptors (Lipinski definition) is 9. The van der Waals surface area contributed by atoms with Crippen LogP contribution in [0, 0.1) is 0 Å². The highest BCUT2D eigenvalue weighted by atomic mass is 32.1. The molecule has 0 saturated carbocycles. The van der Waals surface area contributed by atoms with Gasteiger partial charge in [-0.05, 0) is 48.5 Å². The van der Waals surface area contributed by atoms with E-state index in [1.54, 1.807) is 36.4 Å². The SMILES string of the molecule is CC.Nc1c(N)c(-c2ccc(-c3ccccc3OC(F)(F)F)s2)c2nsnc2c1-c1ccc(-c2ccccc2OC(F)(F)F)s1. The van der Waals surface area contributed by atoms with Crippen LogP contribution in [0.2, 0.25) is 0 Å². The van der Waals surface area contributed by atoms with Crippen LogP contribution in [0.5, 0.6) is 11.5 Å². The quantitative estimate of drug-likeness (QED) is 0.134. The lowest BCUT2D eigenvalue weighted by atomic mass is 10.0. The van der Waals surface area contributed by atoms with E-state index < -0.39 is 12.7 Å². The second-order valence-electron chi connectivity index (χ2n) is 8.95. The molecule has 4 N–H and O–H groups in total. The molecule has 0 radical (unpaired) electrons. The zero-order valence-electron chi connectivity index (χ0n) is 23.3. The summed E-state index contributed by atoms with van der Waals surface area (Å²) in [4.78, 5) is 2.18. The van der Waals surface area contributed by atoms with Crippen molar-refractivity contribution in [3.63, 3.8) is 0 Å². The normalized spacial score (nSPS) is 11.7. The first-order valence-electron chi connectivity index (χ1n) is 13.1. The fraction of sp³-hybridized carbons (Fsp3) is 0.133. The lowest BCUT2D eigenvalue weighted by Crippen LogP contribution is -2.17. The zero-order chi connectivity index (χ0) is 32.5. The Labute approximate surface area is 264 Å². The van der Waals surface area contributed by atoms with Crippen molar-refractivity contribution in [2.45, 2.75) is 26.6 Å². The molecule has 0 unspecified atom stereocenters. The van der Waals surface area contributed by atoms with Crippen molar-refractivity contribution in [2.24, 2.45) is 0 Å². The fourth-order valence-corrected chi connectivity index (χ4v) is 7.29. The van der Waals surface area contributed by atoms with Crippen LogP contribution in [0.4, 0.5) is 37.7 Å². The standard InChI is InChI=1S/C28H16F6N4O2S3.C2H6/c29-27(30,31)39-15-7-3-1-5-13(15)17-9-11-19(41-17)21-23(35)24(36)22(26-25(21)37-43-38-26)20-12-10-18(42-20)14-6-2-4-8-16(14)40-28(32,33)34;1-2/h1-12H,35-36H2;1-2H3. The van der Waals surface area contributed by atoms with Gasteiger partial charge in [0.25, 0.3) is 0 Å². The van der Waals surface area contributed by atoms with E-state index in [1.165, 1.54) is 59.1 Å². The van der Waals surface area contributed by atoms with Gasteiger partial charge < -0.3 is 20.9 Å². The largest absolute Gasteiger partial charge is 0.573 e. The van der Waals surface area contributed by atoms with E-state index in [9.17, 15) is 26.3 Å². The van der Waals surface area contributed by atoms with Crippen LogP contribution < -0.4 is 20.9 Å². The summed E-state index contributed by atoms with van der Waals surface area (Å²) < 4.78 is 95.2. The second kappa shape index (κ2) is 12.6. The monoisotopic (exact) mass is 680 g/mol. The van der Waals surface area contributed by atoms with Crippen LogP contribution in [-0.2, 0) is 0 Å². The van der Waals surface area contributed by atoms with Gasteiger partial charge in [0, 0.05) is 41.8 Å². The lowest BCUT2D eigenvalue weighted by Gasteiger charge is -2.13. The summed E-state index contributed by atoms with van der Waals surface area (Å²) in [6.07, 6.45) is -9.73. The van der Waals surface area contributed by atoms with Gasteiger partial charge in [-0.15, -0.1) is 49.0 Å². The Morgan fingerprint density at radius 2 is 0.911 bits per heavy atom. The van der Waals surface area contributed by atoms with E-state index in [-0.39, 0.29) is 34.0 Å². The molecule has 6 nitrogen and oxygen atoms in total. The molecule has 0 spiro atoms. The number of rotatable bonds is 6. The van der Waals surface area contributed by atoms with E-state index in [0.717, 1.165) is 11.7 Å². The van der Waals surface area contributed by atoms with Crippen LogP contribution in [0.25, 0.3) is 52.8 Å². The van der Waals surface area contributed by atoms with Gasteiger partial charge in [0.05, 0.1) is 23.1 Å². The van der Waals surface area contributed by atoms with E-state index in [2.05, 4.69) is 18.2 Å². The molecule has 45 heavy (non-hydrogen) atoms. The molecular weight excluding hydrogens is 659 g/mol. The summed E-state index contributed by atoms with van der Waals surface area (Å²) in [6, 6.07) is 18.3. The van der Waals surface area contributed by atoms with Gasteiger partial charge in [0.1, 0.15) is 22.5 Å². The molecule has 0 atom stereocenters. The summed E-state index contributed by atoms with van der Waals surface area (Å²) in [5.41, 5.74) is 15.7. The van der Waals surface area contributed by atoms with Gasteiger partial charge in [-0.25, -0.2) is 0 Å². The van der Waals surface area contributed by atoms with Gasteiger partial charge in [-0.2, -0.15) is 8.75 Å². The number of nitrogen functional groups attached to an aromatic ring is 2. The molecule has 15 heteroatoms. The van der Waals surface area contributed by atoms with Crippen molar-refractivity contribution in [3.8, 4) is 53.3 Å². The Bertz CT molecular complexity index is 1830. The smallest absolute Gasteiger partial charge is 0.405 e. The Balaban J connectivity index is 0.00000196. The zero-order valence-corrected chi connectivity index (χ0v) is 25.7. The summed E-state index contributed by atoms with van der Waals surface area (Å²) in [5, 5.41) is 0. The first-order chi connectivity index (χ1) is 21.4. The highest BCUT2D eigenvalue weighted by Gasteiger charge is 2.33. The van der Waals surface area contributed by atoms with Gasteiger partial charge in [-0.3, -0.25) is 0 Å². The Hall–Kier alpha value is -4.34. The topological polar surface area (TPSA) is 96.3 Å². The van der Waals surface area contributed by atoms with E-state index >= 15 is 0 Å². The van der Waals surface area contributed by atoms with Gasteiger partial charge >= 0.3 is 12.7 Å². The summed E-state index contributed by atoms with van der Waals surface area (Å²) in [5.74, 6) is -0.690. The highest BCUT2D eigenvalue weighted by molar-refractivity contribution is 7.19. The van der Waals surface area contributed by atoms with Crippen molar-refractivity contribution >= 4 is 56.8 Å². The molecule has 234 valence electrons. The predicted octanol–water partition coefficient (Wildman–Crippen LogP) is 10.5. The van der Waals surface area contributed by atoms with Gasteiger partial charge in [-0.1, -0.05) is 38.1 Å². The van der Waals surface area contributed by atoms with Gasteiger partial charge in [0.2, 0.25) is 0 Å². The van der Waals surface area contributed by atoms with E-state index in [1.807, 2.05) is 13.8 Å². The number of ether oxygens (including phenoxy) is 2. The predicted molar refractivity (Wildman–Crippen MR) is 168 cm³/mol. The molecular formula is C30H22F6N4O2S3. The van der Waals surface area contributed by atoms with Crippen molar-refractivity contribution in [1.29, 1.82) is 0 Å². The molecule has 3 aromatic carbocycles. The third kappa shape index (κ3) is 6.70. The first kappa shape index (κ1) is 32.1. The maximum absolute atomic E-state index is 13.0. The molecule has 0 bridgehead atoms. The highest BCUT2D eigenvalue weighted by Crippen LogP contribution is 2.50. The molecule has 6 aromatic rings. The number of nitrogens with zero attached hydrogens (tertiary/aromatic N) is 2. The average molecular weight is 681 g/mol. The summed E-state index contributed by atoms with van der Waals surface area (Å²) in [7, 11) is 0. The number of hydrogen-bond donors (Lipinski definition) is 2. The number of halogens is 6. The van der Waals surface area contributed by atoms with E-state index in [0.29, 0.717) is 41.7 Å². The maximum atomic E-state index is 13.0. The number of anilines is 2. The maximum Gasteiger partial charge on any atom is 0.573 e. The number of para-hydroxylation sites is 2. The number of alkyl halides is 6. The Morgan fingerprint density at radius 3 is 1.29 bits per heavy atom. The van der Waals surface area contributed by atoms with E-state index in [4.69, 9.17) is 11.5 Å². The van der Waals surface area contributed by atoms with Crippen LogP contribution in [0.1, 0.15) is 13.8 Å². The van der Waals surface area contributed by atoms with Crippen LogP contribution in [-0.4, -0.2) is 21.5 Å². The first-order valence-corrected chi connectivity index (χ1v) is 15.5. The van der Waals surface area contributed by atoms with Crippen molar-refractivity contribution in [3.05, 3.63) is 72.8 Å². The molecule has 0 aliphatic rings. The summed E-state index contributed by atoms with van der Waals surface area (Å²) in [6.45, 7) is 4.00.